The molecule has 0 saturated carbocycles. The van der Waals surface area contributed by atoms with Gasteiger partial charge in [0.15, 0.2) is 5.65 Å². The topological polar surface area (TPSA) is 53.7 Å². The third-order valence-electron chi connectivity index (χ3n) is 6.65. The van der Waals surface area contributed by atoms with Crippen molar-refractivity contribution in [2.24, 2.45) is 0 Å². The number of carbonyl (C=O) groups is 1. The minimum absolute atomic E-state index is 0.167. The Kier molecular flexibility index (Phi) is 5.70. The van der Waals surface area contributed by atoms with Crippen LogP contribution in [0.15, 0.2) is 48.5 Å². The summed E-state index contributed by atoms with van der Waals surface area (Å²) in [7, 11) is 0. The van der Waals surface area contributed by atoms with Crippen molar-refractivity contribution in [1.82, 2.24) is 19.5 Å². The van der Waals surface area contributed by atoms with E-state index in [1.165, 1.54) is 12.1 Å². The van der Waals surface area contributed by atoms with Gasteiger partial charge in [-0.3, -0.25) is 4.79 Å². The second-order valence-electron chi connectivity index (χ2n) is 8.71. The molecule has 1 saturated heterocycles. The number of hydrogen-bond acceptors (Lipinski definition) is 4. The van der Waals surface area contributed by atoms with Gasteiger partial charge in [0.25, 0.3) is 0 Å². The normalized spacial score (nSPS) is 14.8. The van der Waals surface area contributed by atoms with Crippen LogP contribution in [-0.4, -0.2) is 51.6 Å². The fourth-order valence-electron chi connectivity index (χ4n) is 4.81. The molecule has 0 aliphatic carbocycles. The Balaban J connectivity index is 1.28. The van der Waals surface area contributed by atoms with Gasteiger partial charge in [0.05, 0.1) is 5.52 Å². The van der Waals surface area contributed by atoms with Gasteiger partial charge in [-0.15, -0.1) is 0 Å². The van der Waals surface area contributed by atoms with Crippen LogP contribution in [0.3, 0.4) is 0 Å². The minimum Gasteiger partial charge on any atom is -0.370 e. The number of carbonyl (C=O) groups excluding carboxylic acids is 1. The van der Waals surface area contributed by atoms with Gasteiger partial charge < -0.3 is 9.80 Å². The van der Waals surface area contributed by atoms with Gasteiger partial charge in [0, 0.05) is 55.1 Å². The fraction of sp³-hybridized carbons (Fsp3) is 0.346. The van der Waals surface area contributed by atoms with Crippen molar-refractivity contribution in [3.63, 3.8) is 0 Å². The zero-order valence-electron chi connectivity index (χ0n) is 19.1. The van der Waals surface area contributed by atoms with Gasteiger partial charge in [-0.25, -0.2) is 13.9 Å². The number of rotatable bonds is 4. The molecule has 2 aromatic heterocycles. The molecule has 1 aliphatic rings. The van der Waals surface area contributed by atoms with Crippen LogP contribution in [0, 0.1) is 19.7 Å². The molecular formula is C26H28FN5O. The van der Waals surface area contributed by atoms with E-state index in [0.717, 1.165) is 65.2 Å². The number of fused-ring (bicyclic) bond motifs is 3. The highest BCUT2D eigenvalue weighted by atomic mass is 19.1. The predicted octanol–water partition coefficient (Wildman–Crippen LogP) is 4.31. The van der Waals surface area contributed by atoms with Crippen molar-refractivity contribution in [2.45, 2.75) is 33.1 Å². The van der Waals surface area contributed by atoms with Crippen LogP contribution in [0.1, 0.15) is 29.8 Å². The minimum atomic E-state index is -0.230. The molecule has 4 aromatic rings. The highest BCUT2D eigenvalue weighted by Gasteiger charge is 2.21. The molecule has 0 unspecified atom stereocenters. The van der Waals surface area contributed by atoms with Crippen LogP contribution in [-0.2, 0) is 11.2 Å². The monoisotopic (exact) mass is 445 g/mol. The number of benzene rings is 2. The maximum Gasteiger partial charge on any atom is 0.222 e. The van der Waals surface area contributed by atoms with E-state index in [-0.39, 0.29) is 11.7 Å². The molecule has 7 heteroatoms. The Labute approximate surface area is 192 Å². The average Bonchev–Trinajstić information content (AvgIpc) is 3.00. The van der Waals surface area contributed by atoms with Crippen LogP contribution >= 0.6 is 0 Å². The molecule has 1 fully saturated rings. The quantitative estimate of drug-likeness (QED) is 0.470. The summed E-state index contributed by atoms with van der Waals surface area (Å²) in [5, 5.41) is 5.76. The molecule has 6 nitrogen and oxygen atoms in total. The first-order valence-corrected chi connectivity index (χ1v) is 11.5. The first kappa shape index (κ1) is 21.4. The van der Waals surface area contributed by atoms with Crippen LogP contribution < -0.4 is 4.90 Å². The van der Waals surface area contributed by atoms with E-state index in [4.69, 9.17) is 10.1 Å². The Bertz CT molecular complexity index is 1310. The van der Waals surface area contributed by atoms with Crippen molar-refractivity contribution < 1.29 is 9.18 Å². The molecule has 33 heavy (non-hydrogen) atoms. The van der Waals surface area contributed by atoms with Gasteiger partial charge in [-0.1, -0.05) is 12.1 Å². The largest absolute Gasteiger partial charge is 0.370 e. The van der Waals surface area contributed by atoms with E-state index in [0.29, 0.717) is 19.4 Å². The summed E-state index contributed by atoms with van der Waals surface area (Å²) in [4.78, 5) is 22.1. The third-order valence-corrected chi connectivity index (χ3v) is 6.65. The van der Waals surface area contributed by atoms with E-state index in [2.05, 4.69) is 11.8 Å². The molecule has 0 spiro atoms. The second kappa shape index (κ2) is 8.81. The molecule has 5 rings (SSSR count). The summed E-state index contributed by atoms with van der Waals surface area (Å²) < 4.78 is 15.1. The Morgan fingerprint density at radius 2 is 1.79 bits per heavy atom. The summed E-state index contributed by atoms with van der Waals surface area (Å²) in [6, 6.07) is 14.6. The van der Waals surface area contributed by atoms with Crippen LogP contribution in [0.2, 0.25) is 0 Å². The number of hydrogen-bond donors (Lipinski definition) is 0. The average molecular weight is 446 g/mol. The van der Waals surface area contributed by atoms with Crippen molar-refractivity contribution >= 4 is 28.1 Å². The van der Waals surface area contributed by atoms with E-state index >= 15 is 0 Å². The van der Waals surface area contributed by atoms with Gasteiger partial charge in [-0.05, 0) is 68.7 Å². The second-order valence-corrected chi connectivity index (χ2v) is 8.71. The lowest BCUT2D eigenvalue weighted by Gasteiger charge is -2.24. The summed E-state index contributed by atoms with van der Waals surface area (Å²) in [6.07, 6.45) is 1.99. The molecule has 3 heterocycles. The Hall–Kier alpha value is -3.48. The smallest absolute Gasteiger partial charge is 0.222 e. The summed E-state index contributed by atoms with van der Waals surface area (Å²) in [5.41, 5.74) is 5.88. The number of halogens is 1. The first-order valence-electron chi connectivity index (χ1n) is 11.5. The molecule has 2 aromatic carbocycles. The maximum absolute atomic E-state index is 13.2. The summed E-state index contributed by atoms with van der Waals surface area (Å²) in [6.45, 7) is 7.11. The predicted molar refractivity (Wildman–Crippen MR) is 128 cm³/mol. The van der Waals surface area contributed by atoms with Crippen molar-refractivity contribution in [1.29, 1.82) is 0 Å². The van der Waals surface area contributed by atoms with Gasteiger partial charge in [0.1, 0.15) is 5.82 Å². The zero-order valence-corrected chi connectivity index (χ0v) is 19.1. The van der Waals surface area contributed by atoms with Crippen LogP contribution in [0.25, 0.3) is 16.6 Å². The highest BCUT2D eigenvalue weighted by Crippen LogP contribution is 2.23. The van der Waals surface area contributed by atoms with E-state index in [1.807, 2.05) is 40.6 Å². The summed E-state index contributed by atoms with van der Waals surface area (Å²) >= 11 is 0. The van der Waals surface area contributed by atoms with Gasteiger partial charge >= 0.3 is 0 Å². The van der Waals surface area contributed by atoms with E-state index in [1.54, 1.807) is 12.1 Å². The number of aryl methyl sites for hydroxylation is 2. The first-order chi connectivity index (χ1) is 16.0. The zero-order chi connectivity index (χ0) is 22.9. The van der Waals surface area contributed by atoms with E-state index in [9.17, 15) is 9.18 Å². The number of aromatic nitrogens is 3. The Morgan fingerprint density at radius 1 is 1.00 bits per heavy atom. The van der Waals surface area contributed by atoms with Crippen LogP contribution in [0.5, 0.6) is 0 Å². The van der Waals surface area contributed by atoms with Crippen LogP contribution in [0.4, 0.5) is 10.1 Å². The lowest BCUT2D eigenvalue weighted by Crippen LogP contribution is -2.35. The maximum atomic E-state index is 13.2. The van der Waals surface area contributed by atoms with Gasteiger partial charge in [-0.2, -0.15) is 5.10 Å². The SMILES string of the molecule is Cc1nc2c3ccccc3nn2c(C)c1CCC(=O)N1CCCN(c2ccc(F)cc2)CC1. The third kappa shape index (κ3) is 4.15. The number of nitrogens with zero attached hydrogens (tertiary/aromatic N) is 5. The lowest BCUT2D eigenvalue weighted by molar-refractivity contribution is -0.130. The van der Waals surface area contributed by atoms with Crippen molar-refractivity contribution in [3.05, 3.63) is 71.3 Å². The number of amides is 1. The fourth-order valence-corrected chi connectivity index (χ4v) is 4.81. The van der Waals surface area contributed by atoms with Crippen molar-refractivity contribution in [2.75, 3.05) is 31.1 Å². The molecule has 0 bridgehead atoms. The highest BCUT2D eigenvalue weighted by molar-refractivity contribution is 5.92. The molecule has 0 N–H and O–H groups in total. The molecular weight excluding hydrogens is 417 g/mol. The summed E-state index contributed by atoms with van der Waals surface area (Å²) in [5.74, 6) is -0.0627. The Morgan fingerprint density at radius 3 is 2.61 bits per heavy atom. The van der Waals surface area contributed by atoms with Gasteiger partial charge in [0.2, 0.25) is 5.91 Å². The standard InChI is InChI=1S/C26H28FN5O/c1-18-22(19(2)32-26(28-18)23-6-3-4-7-24(23)29-32)12-13-25(33)31-15-5-14-30(16-17-31)21-10-8-20(27)9-11-21/h3-4,6-11H,5,12-17H2,1-2H3. The molecule has 0 radical (unpaired) electrons. The number of anilines is 1. The van der Waals surface area contributed by atoms with E-state index < -0.39 is 0 Å². The lowest BCUT2D eigenvalue weighted by atomic mass is 10.1. The molecule has 1 aliphatic heterocycles. The molecule has 0 atom stereocenters. The molecule has 170 valence electrons. The van der Waals surface area contributed by atoms with Crippen molar-refractivity contribution in [3.8, 4) is 0 Å². The molecule has 1 amide bonds.